The van der Waals surface area contributed by atoms with Crippen molar-refractivity contribution in [3.05, 3.63) is 47.3 Å². The molecule has 2 aliphatic rings. The highest BCUT2D eigenvalue weighted by molar-refractivity contribution is 5.76. The van der Waals surface area contributed by atoms with Crippen molar-refractivity contribution in [1.29, 1.82) is 5.26 Å². The van der Waals surface area contributed by atoms with Gasteiger partial charge < -0.3 is 20.6 Å². The third kappa shape index (κ3) is 4.59. The summed E-state index contributed by atoms with van der Waals surface area (Å²) in [6, 6.07) is 10.0. The molecule has 0 spiro atoms. The Kier molecular flexibility index (Phi) is 6.17. The lowest BCUT2D eigenvalue weighted by Crippen LogP contribution is -2.34. The Labute approximate surface area is 205 Å². The van der Waals surface area contributed by atoms with Crippen molar-refractivity contribution in [2.24, 2.45) is 5.92 Å². The van der Waals surface area contributed by atoms with Gasteiger partial charge in [-0.25, -0.2) is 14.6 Å². The number of nitrogens with zero attached hydrogens (tertiary/aromatic N) is 6. The van der Waals surface area contributed by atoms with E-state index in [0.29, 0.717) is 29.7 Å². The zero-order chi connectivity index (χ0) is 24.6. The Bertz CT molecular complexity index is 1280. The molecule has 9 nitrogen and oxygen atoms in total. The molecule has 1 saturated heterocycles. The molecule has 0 saturated carbocycles. The van der Waals surface area contributed by atoms with E-state index < -0.39 is 5.41 Å². The third-order valence-electron chi connectivity index (χ3n) is 7.16. The third-order valence-corrected chi connectivity index (χ3v) is 7.16. The predicted molar refractivity (Wildman–Crippen MR) is 136 cm³/mol. The molecule has 9 heteroatoms. The lowest BCUT2D eigenvalue weighted by molar-refractivity contribution is 0.191. The van der Waals surface area contributed by atoms with Crippen LogP contribution in [0.2, 0.25) is 0 Å². The molecule has 4 heterocycles. The molecule has 2 atom stereocenters. The van der Waals surface area contributed by atoms with Gasteiger partial charge in [0.2, 0.25) is 5.95 Å². The SMILES string of the molecule is Cc1cc(Nc2nccc(-c3cc(C#N)c4c(c3)C(C)(CO)CN4)n2)n(CC2CCCN(C)C2)n1. The fourth-order valence-corrected chi connectivity index (χ4v) is 5.21. The molecule has 0 aliphatic carbocycles. The highest BCUT2D eigenvalue weighted by Gasteiger charge is 2.36. The van der Waals surface area contributed by atoms with E-state index in [-0.39, 0.29) is 6.61 Å². The summed E-state index contributed by atoms with van der Waals surface area (Å²) in [7, 11) is 2.18. The molecule has 0 radical (unpaired) electrons. The molecule has 2 aromatic heterocycles. The Morgan fingerprint density at radius 1 is 1.34 bits per heavy atom. The van der Waals surface area contributed by atoms with Gasteiger partial charge in [-0.15, -0.1) is 0 Å². The number of anilines is 3. The van der Waals surface area contributed by atoms with Crippen molar-refractivity contribution in [2.75, 3.05) is 43.9 Å². The highest BCUT2D eigenvalue weighted by Crippen LogP contribution is 2.41. The van der Waals surface area contributed by atoms with Crippen LogP contribution in [0, 0.1) is 24.2 Å². The number of aryl methyl sites for hydroxylation is 1. The minimum Gasteiger partial charge on any atom is -0.395 e. The smallest absolute Gasteiger partial charge is 0.228 e. The Morgan fingerprint density at radius 2 is 2.20 bits per heavy atom. The summed E-state index contributed by atoms with van der Waals surface area (Å²) in [5, 5.41) is 31.1. The maximum Gasteiger partial charge on any atom is 0.228 e. The first-order chi connectivity index (χ1) is 16.9. The van der Waals surface area contributed by atoms with Gasteiger partial charge >= 0.3 is 0 Å². The predicted octanol–water partition coefficient (Wildman–Crippen LogP) is 3.28. The summed E-state index contributed by atoms with van der Waals surface area (Å²) in [5.41, 5.74) is 4.33. The van der Waals surface area contributed by atoms with E-state index in [1.807, 2.05) is 42.8 Å². The number of aromatic nitrogens is 4. The van der Waals surface area contributed by atoms with Gasteiger partial charge in [-0.2, -0.15) is 10.4 Å². The topological polar surface area (TPSA) is 115 Å². The number of aliphatic hydroxyl groups excluding tert-OH is 1. The van der Waals surface area contributed by atoms with Crippen LogP contribution >= 0.6 is 0 Å². The van der Waals surface area contributed by atoms with Crippen molar-refractivity contribution in [3.63, 3.8) is 0 Å². The van der Waals surface area contributed by atoms with Crippen LogP contribution in [0.1, 0.15) is 36.6 Å². The minimum absolute atomic E-state index is 0.00196. The van der Waals surface area contributed by atoms with Crippen molar-refractivity contribution in [2.45, 2.75) is 38.6 Å². The zero-order valence-corrected chi connectivity index (χ0v) is 20.5. The molecule has 35 heavy (non-hydrogen) atoms. The van der Waals surface area contributed by atoms with Crippen molar-refractivity contribution < 1.29 is 5.11 Å². The fraction of sp³-hybridized carbons (Fsp3) is 0.462. The second-order valence-corrected chi connectivity index (χ2v) is 10.1. The van der Waals surface area contributed by atoms with Gasteiger partial charge in [0, 0.05) is 42.9 Å². The van der Waals surface area contributed by atoms with Crippen LogP contribution in [-0.4, -0.2) is 63.0 Å². The van der Waals surface area contributed by atoms with Crippen LogP contribution in [0.3, 0.4) is 0 Å². The molecule has 2 aliphatic heterocycles. The number of aliphatic hydroxyl groups is 1. The standard InChI is InChI=1S/C26H32N8O/c1-17-9-23(34(32-17)14-18-5-4-8-33(3)13-18)31-25-28-7-6-22(30-25)19-10-20(12-27)24-21(11-19)26(2,16-35)15-29-24/h6-7,9-11,18,29,35H,4-5,8,13-16H2,1-3H3,(H,28,30,31). The average Bonchev–Trinajstić information content (AvgIpc) is 3.38. The molecule has 0 amide bonds. The summed E-state index contributed by atoms with van der Waals surface area (Å²) >= 11 is 0. The first-order valence-electron chi connectivity index (χ1n) is 12.2. The van der Waals surface area contributed by atoms with Crippen LogP contribution in [0.25, 0.3) is 11.3 Å². The van der Waals surface area contributed by atoms with E-state index in [9.17, 15) is 10.4 Å². The van der Waals surface area contributed by atoms with Gasteiger partial charge in [0.25, 0.3) is 0 Å². The van der Waals surface area contributed by atoms with Gasteiger partial charge in [0.1, 0.15) is 11.9 Å². The Morgan fingerprint density at radius 3 is 2.97 bits per heavy atom. The first kappa shape index (κ1) is 23.3. The number of nitriles is 1. The summed E-state index contributed by atoms with van der Waals surface area (Å²) in [4.78, 5) is 11.6. The number of piperidine rings is 1. The van der Waals surface area contributed by atoms with Gasteiger partial charge in [-0.3, -0.25) is 0 Å². The monoisotopic (exact) mass is 472 g/mol. The summed E-state index contributed by atoms with van der Waals surface area (Å²) < 4.78 is 2.02. The molecule has 3 N–H and O–H groups in total. The van der Waals surface area contributed by atoms with Crippen molar-refractivity contribution >= 4 is 17.5 Å². The first-order valence-corrected chi connectivity index (χ1v) is 12.2. The molecule has 1 aromatic carbocycles. The van der Waals surface area contributed by atoms with Crippen molar-refractivity contribution in [3.8, 4) is 17.3 Å². The van der Waals surface area contributed by atoms with Gasteiger partial charge in [-0.1, -0.05) is 6.92 Å². The summed E-state index contributed by atoms with van der Waals surface area (Å²) in [5.74, 6) is 1.91. The van der Waals surface area contributed by atoms with Crippen LogP contribution in [0.4, 0.5) is 17.5 Å². The van der Waals surface area contributed by atoms with Gasteiger partial charge in [0.05, 0.1) is 29.2 Å². The van der Waals surface area contributed by atoms with Crippen LogP contribution in [0.15, 0.2) is 30.5 Å². The van der Waals surface area contributed by atoms with Crippen LogP contribution in [0.5, 0.6) is 0 Å². The largest absolute Gasteiger partial charge is 0.395 e. The summed E-state index contributed by atoms with van der Waals surface area (Å²) in [6.07, 6.45) is 4.14. The Hall–Kier alpha value is -3.48. The van der Waals surface area contributed by atoms with Gasteiger partial charge in [0.15, 0.2) is 0 Å². The highest BCUT2D eigenvalue weighted by atomic mass is 16.3. The van der Waals surface area contributed by atoms with Gasteiger partial charge in [-0.05, 0) is 63.0 Å². The molecule has 0 bridgehead atoms. The summed E-state index contributed by atoms with van der Waals surface area (Å²) in [6.45, 7) is 7.66. The molecular formula is C26H32N8O. The number of hydrogen-bond acceptors (Lipinski definition) is 8. The van der Waals surface area contributed by atoms with Crippen LogP contribution < -0.4 is 10.6 Å². The van der Waals surface area contributed by atoms with E-state index in [2.05, 4.69) is 33.6 Å². The van der Waals surface area contributed by atoms with Crippen molar-refractivity contribution in [1.82, 2.24) is 24.6 Å². The number of likely N-dealkylation sites (tertiary alicyclic amines) is 1. The quantitative estimate of drug-likeness (QED) is 0.501. The number of fused-ring (bicyclic) bond motifs is 1. The number of benzene rings is 1. The molecule has 3 aromatic rings. The van der Waals surface area contributed by atoms with E-state index in [4.69, 9.17) is 10.1 Å². The maximum atomic E-state index is 10.00. The zero-order valence-electron chi connectivity index (χ0n) is 20.5. The molecular weight excluding hydrogens is 440 g/mol. The average molecular weight is 473 g/mol. The molecule has 2 unspecified atom stereocenters. The number of rotatable bonds is 6. The van der Waals surface area contributed by atoms with Crippen LogP contribution in [-0.2, 0) is 12.0 Å². The molecule has 5 rings (SSSR count). The second kappa shape index (κ2) is 9.29. The second-order valence-electron chi connectivity index (χ2n) is 10.1. The Balaban J connectivity index is 1.43. The minimum atomic E-state index is -0.442. The fourth-order valence-electron chi connectivity index (χ4n) is 5.21. The lowest BCUT2D eigenvalue weighted by atomic mass is 9.83. The lowest BCUT2D eigenvalue weighted by Gasteiger charge is -2.29. The van der Waals surface area contributed by atoms with E-state index in [1.165, 1.54) is 12.8 Å². The molecule has 1 fully saturated rings. The normalized spacial score (nSPS) is 21.9. The molecule has 182 valence electrons. The van der Waals surface area contributed by atoms with E-state index >= 15 is 0 Å². The number of hydrogen-bond donors (Lipinski definition) is 3. The number of nitrogens with one attached hydrogen (secondary N) is 2. The van der Waals surface area contributed by atoms with E-state index in [1.54, 1.807) is 6.20 Å². The van der Waals surface area contributed by atoms with E-state index in [0.717, 1.165) is 48.0 Å². The maximum absolute atomic E-state index is 10.00.